The predicted molar refractivity (Wildman–Crippen MR) is 200 cm³/mol. The molecular formula is C39H40F6N2S2. The van der Waals surface area contributed by atoms with Crippen molar-refractivity contribution in [2.24, 2.45) is 0 Å². The number of halogens is 6. The summed E-state index contributed by atoms with van der Waals surface area (Å²) in [6.45, 7) is 0. The molecule has 0 bridgehead atoms. The fraction of sp³-hybridized carbons (Fsp3) is 0.282. The average Bonchev–Trinajstić information content (AvgIpc) is 3.52. The maximum absolute atomic E-state index is 15.9. The number of hydrogen-bond acceptors (Lipinski definition) is 2. The molecule has 2 heterocycles. The normalized spacial score (nSPS) is 22.7. The molecule has 2 aromatic carbocycles. The highest BCUT2D eigenvalue weighted by atomic mass is 32.3. The predicted octanol–water partition coefficient (Wildman–Crippen LogP) is 10.3. The molecule has 0 spiro atoms. The fourth-order valence-electron chi connectivity index (χ4n) is 5.87. The van der Waals surface area contributed by atoms with Gasteiger partial charge in [-0.25, -0.2) is 0 Å². The number of allylic oxidation sites excluding steroid dienone is 10. The van der Waals surface area contributed by atoms with E-state index in [4.69, 9.17) is 0 Å². The molecule has 5 rings (SSSR count). The van der Waals surface area contributed by atoms with Crippen molar-refractivity contribution in [3.05, 3.63) is 133 Å². The third kappa shape index (κ3) is 6.21. The van der Waals surface area contributed by atoms with Crippen molar-refractivity contribution in [3.63, 3.8) is 0 Å². The lowest BCUT2D eigenvalue weighted by Crippen LogP contribution is -2.49. The number of benzene rings is 2. The summed E-state index contributed by atoms with van der Waals surface area (Å²) in [5.74, 6) is -9.80. The zero-order valence-electron chi connectivity index (χ0n) is 28.7. The number of nitrogens with zero attached hydrogens (tertiary/aromatic N) is 2. The summed E-state index contributed by atoms with van der Waals surface area (Å²) in [4.78, 5) is 4.58. The topological polar surface area (TPSA) is 6.48 Å². The first-order valence-electron chi connectivity index (χ1n) is 15.4. The highest BCUT2D eigenvalue weighted by Gasteiger charge is 2.81. The van der Waals surface area contributed by atoms with Gasteiger partial charge in [-0.2, -0.15) is 46.4 Å². The van der Waals surface area contributed by atoms with Crippen molar-refractivity contribution in [1.82, 2.24) is 0 Å². The molecule has 0 aromatic heterocycles. The minimum atomic E-state index is -5.62. The van der Waals surface area contributed by atoms with E-state index in [1.165, 1.54) is 18.2 Å². The van der Waals surface area contributed by atoms with Gasteiger partial charge in [0.15, 0.2) is 0 Å². The van der Waals surface area contributed by atoms with Crippen LogP contribution in [-0.2, 0) is 0 Å². The van der Waals surface area contributed by atoms with E-state index < -0.39 is 49.0 Å². The van der Waals surface area contributed by atoms with E-state index in [9.17, 15) is 0 Å². The van der Waals surface area contributed by atoms with Crippen molar-refractivity contribution in [1.29, 1.82) is 0 Å². The van der Waals surface area contributed by atoms with Crippen molar-refractivity contribution in [2.45, 2.75) is 17.8 Å². The van der Waals surface area contributed by atoms with Crippen LogP contribution in [0.15, 0.2) is 122 Å². The molecule has 0 N–H and O–H groups in total. The largest absolute Gasteiger partial charge is 0.380 e. The summed E-state index contributed by atoms with van der Waals surface area (Å²) in [5.41, 5.74) is 1.08. The van der Waals surface area contributed by atoms with E-state index in [0.29, 0.717) is 15.4 Å². The van der Waals surface area contributed by atoms with Crippen LogP contribution in [0.4, 0.5) is 37.7 Å². The van der Waals surface area contributed by atoms with Crippen LogP contribution in [0.5, 0.6) is 0 Å². The second-order valence-corrected chi connectivity index (χ2v) is 20.3. The molecule has 2 aliphatic heterocycles. The zero-order valence-corrected chi connectivity index (χ0v) is 30.3. The van der Waals surface area contributed by atoms with Crippen molar-refractivity contribution >= 4 is 37.5 Å². The van der Waals surface area contributed by atoms with Gasteiger partial charge in [0, 0.05) is 59.8 Å². The van der Waals surface area contributed by atoms with E-state index >= 15 is 26.3 Å². The Hall–Kier alpha value is -3.94. The second-order valence-electron chi connectivity index (χ2n) is 13.2. The molecule has 0 atom stereocenters. The third-order valence-electron chi connectivity index (χ3n) is 8.97. The van der Waals surface area contributed by atoms with Crippen LogP contribution in [0.25, 0.3) is 6.08 Å². The first-order chi connectivity index (χ1) is 22.7. The molecule has 10 heteroatoms. The molecule has 0 unspecified atom stereocenters. The van der Waals surface area contributed by atoms with Gasteiger partial charge in [-0.05, 0) is 102 Å². The quantitative estimate of drug-likeness (QED) is 0.160. The standard InChI is InChI=1S/C39H40F6N2S2/c1-46(2)29-18-13-27(14-19-29)11-9-10-12-31-23-25-33(48(31,5)6)35-36(38(42,43)39(44,45)37(35,40)41)34-26-24-32(49(34,7)8)22-17-28-15-20-30(21-16-28)47(3)4/h9-16,18-21,23-26H,1-8H3/b11-9+,12-10+. The lowest BCUT2D eigenvalue weighted by Gasteiger charge is -2.36. The Morgan fingerprint density at radius 1 is 0.571 bits per heavy atom. The molecule has 0 amide bonds. The van der Waals surface area contributed by atoms with Crippen LogP contribution in [0.1, 0.15) is 11.1 Å². The van der Waals surface area contributed by atoms with Crippen LogP contribution in [0.3, 0.4) is 0 Å². The SMILES string of the molecule is CN(C)c1ccc(C#CC2=CC=C(C3=C(C4=CC=C(/C=C/C=C/c5ccc(N(C)C)cc5)S4(C)C)C(F)(F)C(F)(F)C3(F)F)S2(C)C)cc1. The van der Waals surface area contributed by atoms with Gasteiger partial charge in [0.1, 0.15) is 0 Å². The van der Waals surface area contributed by atoms with Gasteiger partial charge in [0.05, 0.1) is 11.1 Å². The highest BCUT2D eigenvalue weighted by Crippen LogP contribution is 2.74. The zero-order chi connectivity index (χ0) is 36.2. The monoisotopic (exact) mass is 714 g/mol. The fourth-order valence-corrected chi connectivity index (χ4v) is 10.2. The van der Waals surface area contributed by atoms with Crippen LogP contribution in [-0.4, -0.2) is 71.0 Å². The number of alkyl halides is 6. The van der Waals surface area contributed by atoms with Gasteiger partial charge in [-0.3, -0.25) is 0 Å². The molecule has 0 saturated heterocycles. The van der Waals surface area contributed by atoms with Crippen LogP contribution in [0, 0.1) is 11.8 Å². The lowest BCUT2D eigenvalue weighted by atomic mass is 10.1. The first kappa shape index (κ1) is 36.3. The van der Waals surface area contributed by atoms with Crippen LogP contribution >= 0.6 is 20.1 Å². The van der Waals surface area contributed by atoms with Gasteiger partial charge in [-0.15, -0.1) is 0 Å². The van der Waals surface area contributed by atoms with Crippen LogP contribution in [0.2, 0.25) is 0 Å². The minimum absolute atomic E-state index is 0.177. The summed E-state index contributed by atoms with van der Waals surface area (Å²) in [6.07, 6.45) is 19.3. The third-order valence-corrected chi connectivity index (χ3v) is 14.6. The van der Waals surface area contributed by atoms with E-state index in [-0.39, 0.29) is 9.81 Å². The Balaban J connectivity index is 1.47. The molecule has 0 radical (unpaired) electrons. The maximum atomic E-state index is 15.9. The summed E-state index contributed by atoms with van der Waals surface area (Å²) in [7, 11) is 2.85. The van der Waals surface area contributed by atoms with Crippen LogP contribution < -0.4 is 9.80 Å². The molecule has 2 aromatic rings. The van der Waals surface area contributed by atoms with E-state index in [0.717, 1.165) is 16.9 Å². The van der Waals surface area contributed by atoms with E-state index in [2.05, 4.69) is 11.8 Å². The van der Waals surface area contributed by atoms with Crippen molar-refractivity contribution in [2.75, 3.05) is 63.0 Å². The first-order valence-corrected chi connectivity index (χ1v) is 20.3. The maximum Gasteiger partial charge on any atom is 0.380 e. The van der Waals surface area contributed by atoms with E-state index in [1.807, 2.05) is 92.6 Å². The summed E-state index contributed by atoms with van der Waals surface area (Å²) < 4.78 is 94.0. The second kappa shape index (κ2) is 12.7. The highest BCUT2D eigenvalue weighted by molar-refractivity contribution is 8.39. The molecule has 3 aliphatic rings. The number of anilines is 2. The van der Waals surface area contributed by atoms with Gasteiger partial charge in [0.25, 0.3) is 0 Å². The molecule has 0 saturated carbocycles. The average molecular weight is 715 g/mol. The van der Waals surface area contributed by atoms with Crippen molar-refractivity contribution in [3.8, 4) is 11.8 Å². The molecule has 1 aliphatic carbocycles. The molecular weight excluding hydrogens is 675 g/mol. The Morgan fingerprint density at radius 2 is 1.04 bits per heavy atom. The van der Waals surface area contributed by atoms with Gasteiger partial charge < -0.3 is 9.80 Å². The lowest BCUT2D eigenvalue weighted by molar-refractivity contribution is -0.263. The number of rotatable bonds is 7. The Kier molecular flexibility index (Phi) is 9.45. The number of hydrogen-bond donors (Lipinski definition) is 0. The Morgan fingerprint density at radius 3 is 1.57 bits per heavy atom. The minimum Gasteiger partial charge on any atom is -0.378 e. The van der Waals surface area contributed by atoms with Crippen molar-refractivity contribution < 1.29 is 26.3 Å². The molecule has 2 nitrogen and oxygen atoms in total. The summed E-state index contributed by atoms with van der Waals surface area (Å²) in [5, 5.41) is 0. The van der Waals surface area contributed by atoms with E-state index in [1.54, 1.807) is 49.3 Å². The smallest absolute Gasteiger partial charge is 0.378 e. The molecule has 260 valence electrons. The molecule has 0 fully saturated rings. The summed E-state index contributed by atoms with van der Waals surface area (Å²) >= 11 is 0. The Bertz CT molecular complexity index is 1930. The Labute approximate surface area is 288 Å². The summed E-state index contributed by atoms with van der Waals surface area (Å²) in [6, 6.07) is 15.3. The van der Waals surface area contributed by atoms with Gasteiger partial charge in [-0.1, -0.05) is 42.2 Å². The van der Waals surface area contributed by atoms with Gasteiger partial charge in [0.2, 0.25) is 0 Å². The van der Waals surface area contributed by atoms with Gasteiger partial charge >= 0.3 is 17.8 Å². The molecule has 49 heavy (non-hydrogen) atoms.